The molecule has 1 atom stereocenters. The van der Waals surface area contributed by atoms with E-state index in [-0.39, 0.29) is 6.10 Å². The number of hydrogen-bond acceptors (Lipinski definition) is 4. The summed E-state index contributed by atoms with van der Waals surface area (Å²) in [5.74, 6) is 0.715. The van der Waals surface area contributed by atoms with Gasteiger partial charge in [0, 0.05) is 24.7 Å². The van der Waals surface area contributed by atoms with Crippen LogP contribution in [0.2, 0.25) is 0 Å². The average molecular weight is 240 g/mol. The first-order chi connectivity index (χ1) is 7.85. The highest BCUT2D eigenvalue weighted by Gasteiger charge is 2.34. The molecule has 1 aromatic heterocycles. The largest absolute Gasteiger partial charge is 0.374 e. The van der Waals surface area contributed by atoms with Gasteiger partial charge in [0.1, 0.15) is 11.1 Å². The van der Waals surface area contributed by atoms with Crippen LogP contribution in [0.4, 0.5) is 0 Å². The second kappa shape index (κ2) is 5.75. The Kier molecular flexibility index (Phi) is 4.32. The van der Waals surface area contributed by atoms with E-state index in [1.807, 2.05) is 6.20 Å². The molecular formula is C12H20N2OS. The minimum Gasteiger partial charge on any atom is -0.374 e. The van der Waals surface area contributed by atoms with Crippen LogP contribution in [0.1, 0.15) is 42.2 Å². The monoisotopic (exact) mass is 240 g/mol. The molecule has 1 aliphatic carbocycles. The highest BCUT2D eigenvalue weighted by molar-refractivity contribution is 7.11. The van der Waals surface area contributed by atoms with Gasteiger partial charge < -0.3 is 10.1 Å². The van der Waals surface area contributed by atoms with Crippen LogP contribution >= 0.6 is 11.3 Å². The van der Waals surface area contributed by atoms with Crippen molar-refractivity contribution in [3.63, 3.8) is 0 Å². The van der Waals surface area contributed by atoms with Crippen molar-refractivity contribution in [1.82, 2.24) is 10.3 Å². The van der Waals surface area contributed by atoms with Crippen LogP contribution in [-0.2, 0) is 11.3 Å². The van der Waals surface area contributed by atoms with Gasteiger partial charge in [-0.1, -0.05) is 6.92 Å². The molecule has 1 fully saturated rings. The summed E-state index contributed by atoms with van der Waals surface area (Å²) in [7, 11) is 1.79. The molecule has 2 rings (SSSR count). The summed E-state index contributed by atoms with van der Waals surface area (Å²) in [6, 6.07) is 0. The molecule has 0 aromatic carbocycles. The van der Waals surface area contributed by atoms with E-state index >= 15 is 0 Å². The maximum Gasteiger partial charge on any atom is 0.122 e. The van der Waals surface area contributed by atoms with Crippen molar-refractivity contribution in [3.05, 3.63) is 16.1 Å². The molecule has 0 aliphatic heterocycles. The molecule has 1 N–H and O–H groups in total. The van der Waals surface area contributed by atoms with Gasteiger partial charge in [0.05, 0.1) is 0 Å². The van der Waals surface area contributed by atoms with Crippen molar-refractivity contribution < 1.29 is 4.74 Å². The average Bonchev–Trinajstić information content (AvgIpc) is 3.01. The number of methoxy groups -OCH3 is 1. The van der Waals surface area contributed by atoms with Crippen molar-refractivity contribution in [2.24, 2.45) is 5.92 Å². The van der Waals surface area contributed by atoms with Gasteiger partial charge in [0.2, 0.25) is 0 Å². The van der Waals surface area contributed by atoms with E-state index in [1.165, 1.54) is 24.1 Å². The highest BCUT2D eigenvalue weighted by atomic mass is 32.1. The van der Waals surface area contributed by atoms with E-state index in [0.29, 0.717) is 5.92 Å². The molecule has 0 saturated heterocycles. The third kappa shape index (κ3) is 3.03. The minimum absolute atomic E-state index is 0.241. The maximum atomic E-state index is 5.53. The fourth-order valence-corrected chi connectivity index (χ4v) is 2.88. The first-order valence-electron chi connectivity index (χ1n) is 6.03. The van der Waals surface area contributed by atoms with E-state index < -0.39 is 0 Å². The number of hydrogen-bond donors (Lipinski definition) is 1. The Morgan fingerprint density at radius 1 is 1.62 bits per heavy atom. The Morgan fingerprint density at radius 3 is 3.06 bits per heavy atom. The lowest BCUT2D eigenvalue weighted by Crippen LogP contribution is -2.12. The van der Waals surface area contributed by atoms with Crippen LogP contribution in [0.3, 0.4) is 0 Å². The zero-order chi connectivity index (χ0) is 11.4. The van der Waals surface area contributed by atoms with E-state index in [4.69, 9.17) is 4.74 Å². The first-order valence-corrected chi connectivity index (χ1v) is 6.85. The second-order valence-corrected chi connectivity index (χ2v) is 5.48. The van der Waals surface area contributed by atoms with Crippen LogP contribution in [0.5, 0.6) is 0 Å². The Balaban J connectivity index is 1.90. The van der Waals surface area contributed by atoms with Crippen molar-refractivity contribution in [3.8, 4) is 0 Å². The molecule has 1 saturated carbocycles. The number of nitrogens with one attached hydrogen (secondary N) is 1. The summed E-state index contributed by atoms with van der Waals surface area (Å²) in [6.07, 6.45) is 5.99. The second-order valence-electron chi connectivity index (χ2n) is 4.34. The molecular weight excluding hydrogens is 220 g/mol. The maximum absolute atomic E-state index is 5.53. The fraction of sp³-hybridized carbons (Fsp3) is 0.750. The molecule has 1 heterocycles. The highest BCUT2D eigenvalue weighted by Crippen LogP contribution is 2.43. The van der Waals surface area contributed by atoms with Crippen LogP contribution in [0, 0.1) is 5.92 Å². The van der Waals surface area contributed by atoms with Crippen LogP contribution in [0.25, 0.3) is 0 Å². The van der Waals surface area contributed by atoms with Gasteiger partial charge in [-0.3, -0.25) is 0 Å². The van der Waals surface area contributed by atoms with Gasteiger partial charge in [-0.25, -0.2) is 4.98 Å². The normalized spacial score (nSPS) is 17.6. The van der Waals surface area contributed by atoms with Crippen molar-refractivity contribution in [1.29, 1.82) is 0 Å². The van der Waals surface area contributed by atoms with E-state index in [9.17, 15) is 0 Å². The summed E-state index contributed by atoms with van der Waals surface area (Å²) in [5.41, 5.74) is 0. The molecule has 1 aliphatic rings. The van der Waals surface area contributed by atoms with E-state index in [1.54, 1.807) is 18.4 Å². The summed E-state index contributed by atoms with van der Waals surface area (Å²) < 4.78 is 5.53. The van der Waals surface area contributed by atoms with E-state index in [2.05, 4.69) is 17.2 Å². The summed E-state index contributed by atoms with van der Waals surface area (Å²) in [5, 5.41) is 4.55. The van der Waals surface area contributed by atoms with Gasteiger partial charge in [0.15, 0.2) is 0 Å². The van der Waals surface area contributed by atoms with Gasteiger partial charge >= 0.3 is 0 Å². The van der Waals surface area contributed by atoms with Crippen molar-refractivity contribution >= 4 is 11.3 Å². The predicted molar refractivity (Wildman–Crippen MR) is 66.6 cm³/mol. The molecule has 0 radical (unpaired) electrons. The number of aromatic nitrogens is 1. The summed E-state index contributed by atoms with van der Waals surface area (Å²) in [4.78, 5) is 5.79. The zero-order valence-electron chi connectivity index (χ0n) is 10.0. The lowest BCUT2D eigenvalue weighted by atomic mass is 10.2. The third-order valence-electron chi connectivity index (χ3n) is 2.84. The first kappa shape index (κ1) is 12.0. The van der Waals surface area contributed by atoms with Gasteiger partial charge in [0.25, 0.3) is 0 Å². The third-order valence-corrected chi connectivity index (χ3v) is 3.90. The molecule has 3 nitrogen and oxygen atoms in total. The minimum atomic E-state index is 0.241. The summed E-state index contributed by atoms with van der Waals surface area (Å²) >= 11 is 1.79. The number of ether oxygens (including phenoxy) is 1. The van der Waals surface area contributed by atoms with Gasteiger partial charge in [-0.15, -0.1) is 11.3 Å². The Bertz CT molecular complexity index is 323. The van der Waals surface area contributed by atoms with Crippen LogP contribution < -0.4 is 5.32 Å². The van der Waals surface area contributed by atoms with Gasteiger partial charge in [-0.2, -0.15) is 0 Å². The Labute approximate surface area is 101 Å². The summed E-state index contributed by atoms with van der Waals surface area (Å²) in [6.45, 7) is 4.19. The lowest BCUT2D eigenvalue weighted by Gasteiger charge is -2.10. The van der Waals surface area contributed by atoms with Crippen molar-refractivity contribution in [2.75, 3.05) is 13.7 Å². The molecule has 1 aromatic rings. The predicted octanol–water partition coefficient (Wildman–Crippen LogP) is 2.74. The molecule has 1 unspecified atom stereocenters. The number of rotatable bonds is 7. The lowest BCUT2D eigenvalue weighted by molar-refractivity contribution is 0.0844. The van der Waals surface area contributed by atoms with E-state index in [0.717, 1.165) is 18.1 Å². The van der Waals surface area contributed by atoms with Crippen LogP contribution in [0.15, 0.2) is 6.20 Å². The topological polar surface area (TPSA) is 34.2 Å². The fourth-order valence-electron chi connectivity index (χ4n) is 1.82. The Hall–Kier alpha value is -0.450. The molecule has 0 bridgehead atoms. The molecule has 90 valence electrons. The molecule has 4 heteroatoms. The zero-order valence-corrected chi connectivity index (χ0v) is 10.8. The van der Waals surface area contributed by atoms with Gasteiger partial charge in [-0.05, 0) is 31.7 Å². The smallest absolute Gasteiger partial charge is 0.122 e. The molecule has 16 heavy (non-hydrogen) atoms. The molecule has 0 spiro atoms. The quantitative estimate of drug-likeness (QED) is 0.744. The standard InChI is InChI=1S/C12H20N2OS/c1-3-6-13-7-10-8-14-12(16-10)11(15-2)9-4-5-9/h8-9,11,13H,3-7H2,1-2H3. The Morgan fingerprint density at radius 2 is 2.44 bits per heavy atom. The SMILES string of the molecule is CCCNCc1cnc(C(OC)C2CC2)s1. The van der Waals surface area contributed by atoms with Crippen molar-refractivity contribution in [2.45, 2.75) is 38.8 Å². The number of thiazole rings is 1. The van der Waals surface area contributed by atoms with Crippen LogP contribution in [-0.4, -0.2) is 18.6 Å². The number of nitrogens with zero attached hydrogens (tertiary/aromatic N) is 1. The molecule has 0 amide bonds.